The monoisotopic (exact) mass is 207 g/mol. The van der Waals surface area contributed by atoms with Crippen LogP contribution in [0, 0.1) is 6.92 Å². The van der Waals surface area contributed by atoms with E-state index >= 15 is 0 Å². The molecule has 0 aliphatic carbocycles. The van der Waals surface area contributed by atoms with Gasteiger partial charge in [0, 0.05) is 6.54 Å². The average molecular weight is 207 g/mol. The van der Waals surface area contributed by atoms with Crippen LogP contribution in [0.25, 0.3) is 0 Å². The van der Waals surface area contributed by atoms with Crippen molar-refractivity contribution in [2.45, 2.75) is 33.3 Å². The maximum absolute atomic E-state index is 5.75. The van der Waals surface area contributed by atoms with Gasteiger partial charge in [-0.3, -0.25) is 0 Å². The Labute approximate surface area is 92.6 Å². The van der Waals surface area contributed by atoms with E-state index in [4.69, 9.17) is 4.74 Å². The van der Waals surface area contributed by atoms with Crippen molar-refractivity contribution in [1.82, 2.24) is 5.32 Å². The SMILES string of the molecule is CCCNCC(C)Oc1ccc(C)cc1. The first-order valence-electron chi connectivity index (χ1n) is 5.66. The highest BCUT2D eigenvalue weighted by Crippen LogP contribution is 2.12. The molecule has 0 aliphatic heterocycles. The Morgan fingerprint density at radius 1 is 1.27 bits per heavy atom. The molecule has 0 saturated carbocycles. The fraction of sp³-hybridized carbons (Fsp3) is 0.538. The summed E-state index contributed by atoms with van der Waals surface area (Å²) in [6.45, 7) is 8.29. The minimum Gasteiger partial charge on any atom is -0.489 e. The highest BCUT2D eigenvalue weighted by atomic mass is 16.5. The molecule has 0 radical (unpaired) electrons. The third kappa shape index (κ3) is 4.84. The second-order valence-electron chi connectivity index (χ2n) is 3.95. The Bertz CT molecular complexity index is 268. The lowest BCUT2D eigenvalue weighted by Crippen LogP contribution is -2.29. The smallest absolute Gasteiger partial charge is 0.119 e. The third-order valence-electron chi connectivity index (χ3n) is 2.22. The highest BCUT2D eigenvalue weighted by molar-refractivity contribution is 5.26. The Morgan fingerprint density at radius 3 is 2.53 bits per heavy atom. The van der Waals surface area contributed by atoms with Gasteiger partial charge in [-0.15, -0.1) is 0 Å². The molecule has 2 heteroatoms. The molecular formula is C13H21NO. The lowest BCUT2D eigenvalue weighted by molar-refractivity contribution is 0.217. The van der Waals surface area contributed by atoms with Crippen LogP contribution in [0.15, 0.2) is 24.3 Å². The van der Waals surface area contributed by atoms with E-state index in [0.717, 1.165) is 25.3 Å². The standard InChI is InChI=1S/C13H21NO/c1-4-9-14-10-12(3)15-13-7-5-11(2)6-8-13/h5-8,12,14H,4,9-10H2,1-3H3. The minimum absolute atomic E-state index is 0.222. The molecule has 0 amide bonds. The van der Waals surface area contributed by atoms with Gasteiger partial charge in [0.05, 0.1) is 0 Å². The van der Waals surface area contributed by atoms with Crippen LogP contribution in [0.5, 0.6) is 5.75 Å². The van der Waals surface area contributed by atoms with Crippen LogP contribution in [0.2, 0.25) is 0 Å². The average Bonchev–Trinajstić information content (AvgIpc) is 2.22. The summed E-state index contributed by atoms with van der Waals surface area (Å²) in [5, 5.41) is 3.34. The summed E-state index contributed by atoms with van der Waals surface area (Å²) in [6, 6.07) is 8.18. The Balaban J connectivity index is 2.31. The zero-order valence-corrected chi connectivity index (χ0v) is 9.92. The molecule has 0 fully saturated rings. The molecule has 1 aromatic rings. The number of rotatable bonds is 6. The van der Waals surface area contributed by atoms with Crippen LogP contribution in [0.1, 0.15) is 25.8 Å². The van der Waals surface area contributed by atoms with Gasteiger partial charge in [0.15, 0.2) is 0 Å². The van der Waals surface area contributed by atoms with Gasteiger partial charge < -0.3 is 10.1 Å². The molecular weight excluding hydrogens is 186 g/mol. The molecule has 0 saturated heterocycles. The Hall–Kier alpha value is -1.02. The van der Waals surface area contributed by atoms with Gasteiger partial charge in [-0.25, -0.2) is 0 Å². The van der Waals surface area contributed by atoms with Crippen molar-refractivity contribution < 1.29 is 4.74 Å². The van der Waals surface area contributed by atoms with Crippen molar-refractivity contribution in [3.8, 4) is 5.75 Å². The number of nitrogens with one attached hydrogen (secondary N) is 1. The van der Waals surface area contributed by atoms with E-state index in [1.165, 1.54) is 5.56 Å². The van der Waals surface area contributed by atoms with Gasteiger partial charge >= 0.3 is 0 Å². The molecule has 0 aromatic heterocycles. The Kier molecular flexibility index (Phi) is 5.19. The predicted molar refractivity (Wildman–Crippen MR) is 64.4 cm³/mol. The van der Waals surface area contributed by atoms with Gasteiger partial charge in [-0.1, -0.05) is 24.6 Å². The summed E-state index contributed by atoms with van der Waals surface area (Å²) in [5.74, 6) is 0.950. The van der Waals surface area contributed by atoms with E-state index in [1.807, 2.05) is 12.1 Å². The number of benzene rings is 1. The number of hydrogen-bond donors (Lipinski definition) is 1. The lowest BCUT2D eigenvalue weighted by atomic mass is 10.2. The van der Waals surface area contributed by atoms with Crippen LogP contribution in [0.3, 0.4) is 0 Å². The van der Waals surface area contributed by atoms with Gasteiger partial charge in [-0.05, 0) is 38.9 Å². The largest absolute Gasteiger partial charge is 0.489 e. The molecule has 15 heavy (non-hydrogen) atoms. The van der Waals surface area contributed by atoms with Crippen LogP contribution in [-0.2, 0) is 0 Å². The highest BCUT2D eigenvalue weighted by Gasteiger charge is 2.02. The molecule has 1 atom stereocenters. The molecule has 1 rings (SSSR count). The predicted octanol–water partition coefficient (Wildman–Crippen LogP) is 2.76. The quantitative estimate of drug-likeness (QED) is 0.724. The van der Waals surface area contributed by atoms with Crippen molar-refractivity contribution in [3.05, 3.63) is 29.8 Å². The summed E-state index contributed by atoms with van der Waals surface area (Å²) in [7, 11) is 0. The fourth-order valence-corrected chi connectivity index (χ4v) is 1.37. The first-order valence-corrected chi connectivity index (χ1v) is 5.66. The molecule has 1 unspecified atom stereocenters. The van der Waals surface area contributed by atoms with Crippen molar-refractivity contribution >= 4 is 0 Å². The zero-order chi connectivity index (χ0) is 11.1. The third-order valence-corrected chi connectivity index (χ3v) is 2.22. The van der Waals surface area contributed by atoms with Crippen LogP contribution < -0.4 is 10.1 Å². The van der Waals surface area contributed by atoms with Crippen LogP contribution in [0.4, 0.5) is 0 Å². The second-order valence-corrected chi connectivity index (χ2v) is 3.95. The molecule has 0 aliphatic rings. The van der Waals surface area contributed by atoms with E-state index in [0.29, 0.717) is 0 Å². The summed E-state index contributed by atoms with van der Waals surface area (Å²) in [5.41, 5.74) is 1.26. The van der Waals surface area contributed by atoms with E-state index in [1.54, 1.807) is 0 Å². The molecule has 1 aromatic carbocycles. The topological polar surface area (TPSA) is 21.3 Å². The van der Waals surface area contributed by atoms with Crippen LogP contribution >= 0.6 is 0 Å². The van der Waals surface area contributed by atoms with Gasteiger partial charge in [0.25, 0.3) is 0 Å². The summed E-state index contributed by atoms with van der Waals surface area (Å²) < 4.78 is 5.75. The van der Waals surface area contributed by atoms with E-state index in [9.17, 15) is 0 Å². The molecule has 84 valence electrons. The number of ether oxygens (including phenoxy) is 1. The second kappa shape index (κ2) is 6.46. The zero-order valence-electron chi connectivity index (χ0n) is 9.92. The van der Waals surface area contributed by atoms with Crippen molar-refractivity contribution in [2.24, 2.45) is 0 Å². The van der Waals surface area contributed by atoms with Gasteiger partial charge in [0.1, 0.15) is 11.9 Å². The van der Waals surface area contributed by atoms with E-state index < -0.39 is 0 Å². The molecule has 1 N–H and O–H groups in total. The van der Waals surface area contributed by atoms with Crippen molar-refractivity contribution in [1.29, 1.82) is 0 Å². The molecule has 0 spiro atoms. The molecule has 0 bridgehead atoms. The molecule has 0 heterocycles. The molecule has 2 nitrogen and oxygen atoms in total. The normalized spacial score (nSPS) is 12.5. The van der Waals surface area contributed by atoms with Crippen molar-refractivity contribution in [3.63, 3.8) is 0 Å². The van der Waals surface area contributed by atoms with E-state index in [-0.39, 0.29) is 6.10 Å². The number of aryl methyl sites for hydroxylation is 1. The maximum atomic E-state index is 5.75. The number of hydrogen-bond acceptors (Lipinski definition) is 2. The summed E-state index contributed by atoms with van der Waals surface area (Å²) in [4.78, 5) is 0. The first-order chi connectivity index (χ1) is 7.22. The Morgan fingerprint density at radius 2 is 1.93 bits per heavy atom. The minimum atomic E-state index is 0.222. The van der Waals surface area contributed by atoms with Gasteiger partial charge in [0.2, 0.25) is 0 Å². The first kappa shape index (κ1) is 12.1. The maximum Gasteiger partial charge on any atom is 0.119 e. The lowest BCUT2D eigenvalue weighted by Gasteiger charge is -2.15. The summed E-state index contributed by atoms with van der Waals surface area (Å²) in [6.07, 6.45) is 1.39. The summed E-state index contributed by atoms with van der Waals surface area (Å²) >= 11 is 0. The van der Waals surface area contributed by atoms with Crippen molar-refractivity contribution in [2.75, 3.05) is 13.1 Å². The van der Waals surface area contributed by atoms with E-state index in [2.05, 4.69) is 38.2 Å². The fourth-order valence-electron chi connectivity index (χ4n) is 1.37. The van der Waals surface area contributed by atoms with Gasteiger partial charge in [-0.2, -0.15) is 0 Å². The van der Waals surface area contributed by atoms with Crippen LogP contribution in [-0.4, -0.2) is 19.2 Å².